The predicted molar refractivity (Wildman–Crippen MR) is 77.0 cm³/mol. The van der Waals surface area contributed by atoms with Crippen LogP contribution in [0, 0.1) is 5.92 Å². The minimum Gasteiger partial charge on any atom is -0.327 e. The second kappa shape index (κ2) is 6.97. The van der Waals surface area contributed by atoms with Crippen molar-refractivity contribution in [2.45, 2.75) is 46.8 Å². The lowest BCUT2D eigenvalue weighted by atomic mass is 9.85. The molecule has 1 heterocycles. The van der Waals surface area contributed by atoms with Gasteiger partial charge in [-0.2, -0.15) is 0 Å². The lowest BCUT2D eigenvalue weighted by Crippen LogP contribution is -2.33. The normalized spacial score (nSPS) is 19.4. The van der Waals surface area contributed by atoms with Gasteiger partial charge in [0.1, 0.15) is 0 Å². The van der Waals surface area contributed by atoms with E-state index in [0.29, 0.717) is 6.04 Å². The summed E-state index contributed by atoms with van der Waals surface area (Å²) in [6.45, 7) is 0. The molecule has 2 rings (SSSR count). The van der Waals surface area contributed by atoms with Crippen molar-refractivity contribution in [3.8, 4) is 0 Å². The van der Waals surface area contributed by atoms with Crippen molar-refractivity contribution < 1.29 is 0 Å². The number of hydrogen-bond acceptors (Lipinski definition) is 6. The maximum atomic E-state index is 6.27. The molecule has 1 unspecified atom stereocenters. The third-order valence-corrected chi connectivity index (χ3v) is 6.39. The van der Waals surface area contributed by atoms with E-state index in [4.69, 9.17) is 5.73 Å². The minimum absolute atomic E-state index is 0.321. The highest BCUT2D eigenvalue weighted by atomic mass is 32.2. The van der Waals surface area contributed by atoms with Crippen LogP contribution in [-0.2, 0) is 0 Å². The lowest BCUT2D eigenvalue weighted by molar-refractivity contribution is 0.319. The van der Waals surface area contributed by atoms with Gasteiger partial charge in [0.25, 0.3) is 0 Å². The first-order valence-electron chi connectivity index (χ1n) is 6.05. The Labute approximate surface area is 115 Å². The van der Waals surface area contributed by atoms with Crippen LogP contribution in [0.4, 0.5) is 0 Å². The highest BCUT2D eigenvalue weighted by molar-refractivity contribution is 8.03. The van der Waals surface area contributed by atoms with E-state index in [0.717, 1.165) is 20.4 Å². The molecular weight excluding hydrogens is 270 g/mol. The van der Waals surface area contributed by atoms with Crippen molar-refractivity contribution in [2.75, 3.05) is 12.0 Å². The number of nitrogens with zero attached hydrogens (tertiary/aromatic N) is 2. The van der Waals surface area contributed by atoms with Crippen LogP contribution in [0.3, 0.4) is 0 Å². The molecule has 1 aromatic heterocycles. The topological polar surface area (TPSA) is 51.8 Å². The predicted octanol–water partition coefficient (Wildman–Crippen LogP) is 3.26. The fraction of sp³-hybridized carbons (Fsp3) is 0.818. The summed E-state index contributed by atoms with van der Waals surface area (Å²) >= 11 is 5.09. The zero-order valence-corrected chi connectivity index (χ0v) is 12.5. The molecule has 0 spiro atoms. The molecule has 2 N–H and O–H groups in total. The first kappa shape index (κ1) is 13.6. The van der Waals surface area contributed by atoms with Gasteiger partial charge < -0.3 is 5.73 Å². The highest BCUT2D eigenvalue weighted by Crippen LogP contribution is 2.31. The molecule has 0 aromatic carbocycles. The molecule has 1 fully saturated rings. The first-order valence-corrected chi connectivity index (χ1v) is 9.08. The third kappa shape index (κ3) is 4.12. The summed E-state index contributed by atoms with van der Waals surface area (Å²) < 4.78 is 2.10. The first-order chi connectivity index (χ1) is 8.29. The Bertz CT molecular complexity index is 336. The molecule has 1 saturated carbocycles. The molecule has 1 aliphatic carbocycles. The second-order valence-electron chi connectivity index (χ2n) is 4.41. The van der Waals surface area contributed by atoms with Crippen LogP contribution < -0.4 is 5.73 Å². The molecule has 3 nitrogen and oxygen atoms in total. The summed E-state index contributed by atoms with van der Waals surface area (Å²) in [6, 6.07) is 0.321. The Morgan fingerprint density at radius 1 is 1.29 bits per heavy atom. The fourth-order valence-corrected chi connectivity index (χ4v) is 4.75. The highest BCUT2D eigenvalue weighted by Gasteiger charge is 2.20. The summed E-state index contributed by atoms with van der Waals surface area (Å²) in [4.78, 5) is 0. The van der Waals surface area contributed by atoms with E-state index >= 15 is 0 Å². The average Bonchev–Trinajstić information content (AvgIpc) is 2.85. The number of hydrogen-bond donors (Lipinski definition) is 1. The van der Waals surface area contributed by atoms with Crippen LogP contribution in [0.25, 0.3) is 0 Å². The summed E-state index contributed by atoms with van der Waals surface area (Å²) in [6.07, 6.45) is 8.77. The maximum Gasteiger partial charge on any atom is 0.175 e. The lowest BCUT2D eigenvalue weighted by Gasteiger charge is -2.26. The van der Waals surface area contributed by atoms with E-state index in [1.165, 1.54) is 32.1 Å². The maximum absolute atomic E-state index is 6.27. The van der Waals surface area contributed by atoms with Gasteiger partial charge in [-0.05, 0) is 25.0 Å². The Kier molecular flexibility index (Phi) is 5.59. The van der Waals surface area contributed by atoms with Crippen molar-refractivity contribution in [1.29, 1.82) is 0 Å². The van der Waals surface area contributed by atoms with Gasteiger partial charge in [-0.15, -0.1) is 10.2 Å². The Balaban J connectivity index is 1.76. The van der Waals surface area contributed by atoms with Gasteiger partial charge in [0.15, 0.2) is 8.68 Å². The molecule has 6 heteroatoms. The molecule has 0 bridgehead atoms. The van der Waals surface area contributed by atoms with Crippen LogP contribution in [-0.4, -0.2) is 28.2 Å². The van der Waals surface area contributed by atoms with E-state index in [-0.39, 0.29) is 0 Å². The van der Waals surface area contributed by atoms with Gasteiger partial charge in [-0.25, -0.2) is 0 Å². The van der Waals surface area contributed by atoms with Crippen molar-refractivity contribution in [1.82, 2.24) is 10.2 Å². The number of nitrogens with two attached hydrogens (primary N) is 1. The van der Waals surface area contributed by atoms with Crippen LogP contribution in [0.1, 0.15) is 32.1 Å². The average molecular weight is 289 g/mol. The standard InChI is InChI=1S/C11H19N3S3/c1-15-10-13-14-11(17-10)16-7-9(12)8-5-3-2-4-6-8/h8-9H,2-7,12H2,1H3. The van der Waals surface area contributed by atoms with Crippen LogP contribution in [0.2, 0.25) is 0 Å². The van der Waals surface area contributed by atoms with Gasteiger partial charge >= 0.3 is 0 Å². The zero-order chi connectivity index (χ0) is 12.1. The molecule has 17 heavy (non-hydrogen) atoms. The van der Waals surface area contributed by atoms with Gasteiger partial charge in [0.05, 0.1) is 0 Å². The molecular formula is C11H19N3S3. The fourth-order valence-electron chi connectivity index (χ4n) is 2.20. The van der Waals surface area contributed by atoms with E-state index < -0.39 is 0 Å². The van der Waals surface area contributed by atoms with Crippen LogP contribution in [0.15, 0.2) is 8.68 Å². The van der Waals surface area contributed by atoms with Gasteiger partial charge in [-0.1, -0.05) is 54.1 Å². The smallest absolute Gasteiger partial charge is 0.175 e. The zero-order valence-electron chi connectivity index (χ0n) is 10.1. The molecule has 1 atom stereocenters. The number of aromatic nitrogens is 2. The van der Waals surface area contributed by atoms with E-state index in [1.807, 2.05) is 6.26 Å². The van der Waals surface area contributed by atoms with Crippen molar-refractivity contribution >= 4 is 34.9 Å². The van der Waals surface area contributed by atoms with Crippen molar-refractivity contribution in [3.63, 3.8) is 0 Å². The molecule has 1 aliphatic rings. The number of thioether (sulfide) groups is 2. The monoisotopic (exact) mass is 289 g/mol. The third-order valence-electron chi connectivity index (χ3n) is 3.22. The van der Waals surface area contributed by atoms with Gasteiger partial charge in [0, 0.05) is 11.8 Å². The summed E-state index contributed by atoms with van der Waals surface area (Å²) in [5, 5.41) is 8.25. The van der Waals surface area contributed by atoms with Crippen LogP contribution >= 0.6 is 34.9 Å². The van der Waals surface area contributed by atoms with E-state index in [9.17, 15) is 0 Å². The summed E-state index contributed by atoms with van der Waals surface area (Å²) in [5.41, 5.74) is 6.27. The summed E-state index contributed by atoms with van der Waals surface area (Å²) in [5.74, 6) is 1.71. The van der Waals surface area contributed by atoms with Gasteiger partial charge in [-0.3, -0.25) is 0 Å². The second-order valence-corrected chi connectivity index (χ2v) is 7.71. The van der Waals surface area contributed by atoms with Crippen LogP contribution in [0.5, 0.6) is 0 Å². The SMILES string of the molecule is CSc1nnc(SCC(N)C2CCCCC2)s1. The molecule has 96 valence electrons. The Morgan fingerprint density at radius 2 is 2.00 bits per heavy atom. The van der Waals surface area contributed by atoms with E-state index in [1.54, 1.807) is 34.9 Å². The van der Waals surface area contributed by atoms with Crippen molar-refractivity contribution in [2.24, 2.45) is 11.7 Å². The largest absolute Gasteiger partial charge is 0.327 e. The van der Waals surface area contributed by atoms with Gasteiger partial charge in [0.2, 0.25) is 0 Å². The van der Waals surface area contributed by atoms with E-state index in [2.05, 4.69) is 10.2 Å². The Morgan fingerprint density at radius 3 is 2.65 bits per heavy atom. The molecule has 0 aliphatic heterocycles. The summed E-state index contributed by atoms with van der Waals surface area (Å²) in [7, 11) is 0. The minimum atomic E-state index is 0.321. The van der Waals surface area contributed by atoms with Crippen molar-refractivity contribution in [3.05, 3.63) is 0 Å². The molecule has 0 amide bonds. The molecule has 0 saturated heterocycles. The quantitative estimate of drug-likeness (QED) is 0.843. The number of rotatable bonds is 5. The Hall–Kier alpha value is 0.220. The molecule has 0 radical (unpaired) electrons. The molecule has 1 aromatic rings.